The normalized spacial score (nSPS) is 29.2. The van der Waals surface area contributed by atoms with Crippen molar-refractivity contribution in [3.05, 3.63) is 74.9 Å². The Kier molecular flexibility index (Phi) is 6.98. The maximum atomic E-state index is 13.6. The standard InChI is InChI=1S/C33H37Cl3N2O/c1-21-26(17-38(28-11-10-25(35)13-27(28)36)30(21)23-6-8-24(34)9-7-23)29(39)5-4-12-37-33-16-22-14-31(2,19-33)18-32(3,15-22)20-33/h6-11,13,17,22,37H,4-5,12,14-16,18-20H2,1-3H3. The molecule has 7 rings (SSSR count). The van der Waals surface area contributed by atoms with E-state index in [1.54, 1.807) is 6.07 Å². The predicted molar refractivity (Wildman–Crippen MR) is 163 cm³/mol. The Morgan fingerprint density at radius 1 is 0.949 bits per heavy atom. The van der Waals surface area contributed by atoms with E-state index in [-0.39, 0.29) is 11.3 Å². The first-order chi connectivity index (χ1) is 18.5. The molecular weight excluding hydrogens is 547 g/mol. The Balaban J connectivity index is 1.21. The monoisotopic (exact) mass is 582 g/mol. The quantitative estimate of drug-likeness (QED) is 0.211. The summed E-state index contributed by atoms with van der Waals surface area (Å²) in [4.78, 5) is 13.6. The fraction of sp³-hybridized carbons (Fsp3) is 0.485. The van der Waals surface area contributed by atoms with Gasteiger partial charge in [0.05, 0.1) is 16.4 Å². The summed E-state index contributed by atoms with van der Waals surface area (Å²) in [6, 6.07) is 13.2. The van der Waals surface area contributed by atoms with Gasteiger partial charge in [0.25, 0.3) is 0 Å². The molecule has 1 aromatic heterocycles. The lowest BCUT2D eigenvalue weighted by Gasteiger charge is -2.65. The molecule has 4 saturated carbocycles. The largest absolute Gasteiger partial charge is 0.314 e. The molecule has 0 radical (unpaired) electrons. The molecule has 206 valence electrons. The highest BCUT2D eigenvalue weighted by molar-refractivity contribution is 6.35. The third-order valence-electron chi connectivity index (χ3n) is 9.55. The molecule has 4 aliphatic carbocycles. The molecule has 0 aliphatic heterocycles. The molecule has 0 amide bonds. The van der Waals surface area contributed by atoms with Gasteiger partial charge in [-0.05, 0) is 117 Å². The fourth-order valence-electron chi connectivity index (χ4n) is 9.09. The molecule has 1 heterocycles. The summed E-state index contributed by atoms with van der Waals surface area (Å²) in [6.07, 6.45) is 11.3. The summed E-state index contributed by atoms with van der Waals surface area (Å²) in [7, 11) is 0. The minimum Gasteiger partial charge on any atom is -0.314 e. The van der Waals surface area contributed by atoms with Crippen molar-refractivity contribution in [2.75, 3.05) is 6.54 Å². The second kappa shape index (κ2) is 9.94. The molecule has 2 atom stereocenters. The van der Waals surface area contributed by atoms with Crippen molar-refractivity contribution in [2.45, 2.75) is 77.7 Å². The number of nitrogens with one attached hydrogen (secondary N) is 1. The number of halogens is 3. The fourth-order valence-corrected chi connectivity index (χ4v) is 9.72. The number of hydrogen-bond donors (Lipinski definition) is 1. The molecule has 1 N–H and O–H groups in total. The van der Waals surface area contributed by atoms with E-state index in [0.717, 1.165) is 47.0 Å². The molecule has 0 saturated heterocycles. The van der Waals surface area contributed by atoms with Crippen molar-refractivity contribution in [1.29, 1.82) is 0 Å². The van der Waals surface area contributed by atoms with E-state index in [9.17, 15) is 4.79 Å². The van der Waals surface area contributed by atoms with E-state index in [4.69, 9.17) is 34.8 Å². The van der Waals surface area contributed by atoms with Crippen LogP contribution in [0, 0.1) is 23.7 Å². The second-order valence-corrected chi connectivity index (χ2v) is 14.6. The molecule has 4 aliphatic rings. The Morgan fingerprint density at radius 3 is 2.26 bits per heavy atom. The van der Waals surface area contributed by atoms with Crippen LogP contribution in [0.1, 0.15) is 81.1 Å². The van der Waals surface area contributed by atoms with Crippen molar-refractivity contribution < 1.29 is 4.79 Å². The Labute approximate surface area is 247 Å². The lowest BCUT2D eigenvalue weighted by atomic mass is 9.43. The van der Waals surface area contributed by atoms with Crippen LogP contribution in [0.5, 0.6) is 0 Å². The highest BCUT2D eigenvalue weighted by atomic mass is 35.5. The zero-order chi connectivity index (χ0) is 27.6. The molecule has 0 spiro atoms. The van der Waals surface area contributed by atoms with Crippen LogP contribution >= 0.6 is 34.8 Å². The number of carbonyl (C=O) groups is 1. The van der Waals surface area contributed by atoms with Crippen LogP contribution in [-0.4, -0.2) is 22.4 Å². The predicted octanol–water partition coefficient (Wildman–Crippen LogP) is 9.71. The third-order valence-corrected chi connectivity index (χ3v) is 10.3. The lowest BCUT2D eigenvalue weighted by molar-refractivity contribution is -0.117. The van der Waals surface area contributed by atoms with Gasteiger partial charge < -0.3 is 9.88 Å². The Hall–Kier alpha value is -1.78. The number of nitrogens with zero attached hydrogens (tertiary/aromatic N) is 1. The molecule has 6 heteroatoms. The maximum absolute atomic E-state index is 13.6. The highest BCUT2D eigenvalue weighted by Gasteiger charge is 2.59. The minimum atomic E-state index is 0.165. The number of Topliss-reactive ketones (excluding diaryl/α,β-unsaturated/α-hetero) is 1. The van der Waals surface area contributed by atoms with Gasteiger partial charge in [-0.25, -0.2) is 0 Å². The van der Waals surface area contributed by atoms with Gasteiger partial charge in [0.1, 0.15) is 0 Å². The van der Waals surface area contributed by atoms with Crippen molar-refractivity contribution in [2.24, 2.45) is 16.7 Å². The van der Waals surface area contributed by atoms with Gasteiger partial charge in [0.15, 0.2) is 5.78 Å². The highest BCUT2D eigenvalue weighted by Crippen LogP contribution is 2.66. The zero-order valence-corrected chi connectivity index (χ0v) is 25.3. The average molecular weight is 584 g/mol. The van der Waals surface area contributed by atoms with Gasteiger partial charge in [-0.1, -0.05) is 60.8 Å². The van der Waals surface area contributed by atoms with E-state index in [2.05, 4.69) is 19.2 Å². The van der Waals surface area contributed by atoms with Gasteiger partial charge in [-0.2, -0.15) is 0 Å². The number of hydrogen-bond acceptors (Lipinski definition) is 2. The van der Waals surface area contributed by atoms with Gasteiger partial charge in [-0.3, -0.25) is 4.79 Å². The molecule has 4 fully saturated rings. The third kappa shape index (κ3) is 5.21. The smallest absolute Gasteiger partial charge is 0.164 e. The van der Waals surface area contributed by atoms with Crippen LogP contribution in [0.25, 0.3) is 16.9 Å². The second-order valence-electron chi connectivity index (χ2n) is 13.4. The summed E-state index contributed by atoms with van der Waals surface area (Å²) in [6.45, 7) is 7.92. The van der Waals surface area contributed by atoms with E-state index in [0.29, 0.717) is 32.3 Å². The van der Waals surface area contributed by atoms with Crippen LogP contribution in [0.15, 0.2) is 48.7 Å². The maximum Gasteiger partial charge on any atom is 0.164 e. The number of rotatable bonds is 8. The van der Waals surface area contributed by atoms with Crippen LogP contribution < -0.4 is 5.32 Å². The van der Waals surface area contributed by atoms with E-state index < -0.39 is 0 Å². The lowest BCUT2D eigenvalue weighted by Crippen LogP contribution is -2.64. The molecule has 4 bridgehead atoms. The van der Waals surface area contributed by atoms with Gasteiger partial charge in [0.2, 0.25) is 0 Å². The number of carbonyl (C=O) groups excluding carboxylic acids is 1. The summed E-state index contributed by atoms with van der Waals surface area (Å²) in [5, 5.41) is 5.77. The minimum absolute atomic E-state index is 0.165. The summed E-state index contributed by atoms with van der Waals surface area (Å²) in [5.74, 6) is 1.02. The van der Waals surface area contributed by atoms with Gasteiger partial charge in [0, 0.05) is 33.8 Å². The van der Waals surface area contributed by atoms with Crippen LogP contribution in [-0.2, 0) is 0 Å². The first-order valence-electron chi connectivity index (χ1n) is 14.2. The summed E-state index contributed by atoms with van der Waals surface area (Å²) < 4.78 is 2.01. The van der Waals surface area contributed by atoms with Crippen LogP contribution in [0.2, 0.25) is 15.1 Å². The number of aromatic nitrogens is 1. The number of ketones is 1. The van der Waals surface area contributed by atoms with Gasteiger partial charge in [-0.15, -0.1) is 0 Å². The van der Waals surface area contributed by atoms with E-state index in [1.807, 2.05) is 54.1 Å². The molecule has 2 unspecified atom stereocenters. The van der Waals surface area contributed by atoms with Crippen molar-refractivity contribution in [3.63, 3.8) is 0 Å². The molecule has 2 aromatic carbocycles. The molecule has 3 nitrogen and oxygen atoms in total. The van der Waals surface area contributed by atoms with Gasteiger partial charge >= 0.3 is 0 Å². The Morgan fingerprint density at radius 2 is 1.62 bits per heavy atom. The van der Waals surface area contributed by atoms with Crippen molar-refractivity contribution in [3.8, 4) is 16.9 Å². The van der Waals surface area contributed by atoms with Crippen LogP contribution in [0.3, 0.4) is 0 Å². The first kappa shape index (κ1) is 27.4. The van der Waals surface area contributed by atoms with E-state index in [1.165, 1.54) is 38.5 Å². The van der Waals surface area contributed by atoms with Crippen LogP contribution in [0.4, 0.5) is 0 Å². The summed E-state index contributed by atoms with van der Waals surface area (Å²) >= 11 is 19.0. The summed E-state index contributed by atoms with van der Waals surface area (Å²) in [5.41, 5.74) is 5.62. The first-order valence-corrected chi connectivity index (χ1v) is 15.3. The van der Waals surface area contributed by atoms with Crippen molar-refractivity contribution >= 4 is 40.6 Å². The molecular formula is C33H37Cl3N2O. The van der Waals surface area contributed by atoms with Crippen molar-refractivity contribution in [1.82, 2.24) is 9.88 Å². The average Bonchev–Trinajstić information content (AvgIpc) is 3.17. The zero-order valence-electron chi connectivity index (χ0n) is 23.0. The number of benzene rings is 2. The SMILES string of the molecule is Cc1c(C(=O)CCCNC23CC4CC(C)(CC(C)(C4)C2)C3)cn(-c2ccc(Cl)cc2Cl)c1-c1ccc(Cl)cc1. The Bertz CT molecular complexity index is 1410. The molecule has 3 aromatic rings. The molecule has 39 heavy (non-hydrogen) atoms. The van der Waals surface area contributed by atoms with E-state index >= 15 is 0 Å². The topological polar surface area (TPSA) is 34.0 Å².